The molecule has 3 N–H and O–H groups in total. The van der Waals surface area contributed by atoms with Crippen molar-refractivity contribution in [3.8, 4) is 0 Å². The molecule has 0 heterocycles. The van der Waals surface area contributed by atoms with Crippen LogP contribution in [0, 0.1) is 25.7 Å². The maximum atomic E-state index is 12.2. The van der Waals surface area contributed by atoms with E-state index < -0.39 is 5.92 Å². The lowest BCUT2D eigenvalue weighted by atomic mass is 9.94. The second kappa shape index (κ2) is 5.96. The average molecular weight is 264 g/mol. The van der Waals surface area contributed by atoms with Gasteiger partial charge in [-0.1, -0.05) is 43.8 Å². The summed E-state index contributed by atoms with van der Waals surface area (Å²) in [7, 11) is 0. The highest BCUT2D eigenvalue weighted by molar-refractivity contribution is 7.80. The highest BCUT2D eigenvalue weighted by Gasteiger charge is 2.25. The van der Waals surface area contributed by atoms with Gasteiger partial charge in [0, 0.05) is 5.69 Å². The normalized spacial score (nSPS) is 12.3. The largest absolute Gasteiger partial charge is 0.393 e. The Labute approximate surface area is 114 Å². The zero-order valence-corrected chi connectivity index (χ0v) is 12.1. The van der Waals surface area contributed by atoms with Gasteiger partial charge in [0.15, 0.2) is 0 Å². The van der Waals surface area contributed by atoms with Crippen molar-refractivity contribution in [3.05, 3.63) is 29.3 Å². The summed E-state index contributed by atoms with van der Waals surface area (Å²) < 4.78 is 0. The molecular weight excluding hydrogens is 244 g/mol. The number of nitrogens with one attached hydrogen (secondary N) is 1. The van der Waals surface area contributed by atoms with E-state index in [1.165, 1.54) is 5.56 Å². The first kappa shape index (κ1) is 14.6. The van der Waals surface area contributed by atoms with Crippen LogP contribution in [0.3, 0.4) is 0 Å². The number of carbonyl (C=O) groups is 1. The summed E-state index contributed by atoms with van der Waals surface area (Å²) >= 11 is 4.96. The fraction of sp³-hybridized carbons (Fsp3) is 0.429. The fourth-order valence-corrected chi connectivity index (χ4v) is 2.30. The molecule has 0 aliphatic heterocycles. The SMILES string of the molecule is Cc1ccc(NC(=O)C(C(N)=S)C(C)C)c(C)c1. The second-order valence-electron chi connectivity index (χ2n) is 4.93. The monoisotopic (exact) mass is 264 g/mol. The molecule has 3 nitrogen and oxygen atoms in total. The zero-order valence-electron chi connectivity index (χ0n) is 11.3. The lowest BCUT2D eigenvalue weighted by molar-refractivity contribution is -0.118. The highest BCUT2D eigenvalue weighted by atomic mass is 32.1. The topological polar surface area (TPSA) is 55.1 Å². The van der Waals surface area contributed by atoms with Crippen molar-refractivity contribution in [2.45, 2.75) is 27.7 Å². The van der Waals surface area contributed by atoms with Crippen LogP contribution in [-0.2, 0) is 4.79 Å². The third-order valence-corrected chi connectivity index (χ3v) is 3.15. The molecule has 18 heavy (non-hydrogen) atoms. The number of hydrogen-bond acceptors (Lipinski definition) is 2. The fourth-order valence-electron chi connectivity index (χ4n) is 1.92. The number of thiocarbonyl (C=S) groups is 1. The van der Waals surface area contributed by atoms with E-state index in [0.29, 0.717) is 0 Å². The van der Waals surface area contributed by atoms with Crippen molar-refractivity contribution in [2.24, 2.45) is 17.6 Å². The second-order valence-corrected chi connectivity index (χ2v) is 5.40. The Morgan fingerprint density at radius 2 is 1.94 bits per heavy atom. The molecule has 98 valence electrons. The van der Waals surface area contributed by atoms with E-state index in [-0.39, 0.29) is 16.8 Å². The summed E-state index contributed by atoms with van der Waals surface area (Å²) in [6.45, 7) is 7.86. The lowest BCUT2D eigenvalue weighted by Gasteiger charge is -2.19. The summed E-state index contributed by atoms with van der Waals surface area (Å²) in [5.41, 5.74) is 8.64. The van der Waals surface area contributed by atoms with E-state index in [4.69, 9.17) is 18.0 Å². The van der Waals surface area contributed by atoms with Crippen LogP contribution in [0.1, 0.15) is 25.0 Å². The molecule has 1 aromatic carbocycles. The summed E-state index contributed by atoms with van der Waals surface area (Å²) in [5.74, 6) is -0.474. The van der Waals surface area contributed by atoms with E-state index in [1.54, 1.807) is 0 Å². The Hall–Kier alpha value is -1.42. The van der Waals surface area contributed by atoms with Gasteiger partial charge in [0.05, 0.1) is 10.9 Å². The molecule has 1 atom stereocenters. The Balaban J connectivity index is 2.89. The molecule has 0 aliphatic carbocycles. The van der Waals surface area contributed by atoms with Crippen molar-refractivity contribution in [3.63, 3.8) is 0 Å². The van der Waals surface area contributed by atoms with Crippen molar-refractivity contribution >= 4 is 28.8 Å². The Kier molecular flexibility index (Phi) is 4.84. The number of carbonyl (C=O) groups excluding carboxylic acids is 1. The van der Waals surface area contributed by atoms with Gasteiger partial charge in [-0.3, -0.25) is 4.79 Å². The molecule has 0 saturated heterocycles. The zero-order chi connectivity index (χ0) is 13.9. The first-order chi connectivity index (χ1) is 8.32. The molecule has 1 aromatic rings. The molecule has 0 aliphatic rings. The van der Waals surface area contributed by atoms with E-state index in [1.807, 2.05) is 45.9 Å². The minimum absolute atomic E-state index is 0.0910. The number of aryl methyl sites for hydroxylation is 2. The standard InChI is InChI=1S/C14H20N2OS/c1-8(2)12(13(15)18)14(17)16-11-6-5-9(3)7-10(11)4/h5-8,12H,1-4H3,(H2,15,18)(H,16,17). The van der Waals surface area contributed by atoms with Gasteiger partial charge in [-0.25, -0.2) is 0 Å². The summed E-state index contributed by atoms with van der Waals surface area (Å²) in [6, 6.07) is 5.90. The predicted molar refractivity (Wildman–Crippen MR) is 79.7 cm³/mol. The first-order valence-electron chi connectivity index (χ1n) is 6.00. The van der Waals surface area contributed by atoms with Crippen molar-refractivity contribution in [2.75, 3.05) is 5.32 Å². The van der Waals surface area contributed by atoms with Crippen LogP contribution >= 0.6 is 12.2 Å². The number of anilines is 1. The van der Waals surface area contributed by atoms with Gasteiger partial charge in [-0.2, -0.15) is 0 Å². The smallest absolute Gasteiger partial charge is 0.234 e. The van der Waals surface area contributed by atoms with Gasteiger partial charge in [0.25, 0.3) is 0 Å². The van der Waals surface area contributed by atoms with Crippen molar-refractivity contribution in [1.82, 2.24) is 0 Å². The maximum absolute atomic E-state index is 12.2. The van der Waals surface area contributed by atoms with Crippen molar-refractivity contribution in [1.29, 1.82) is 0 Å². The molecule has 0 spiro atoms. The Bertz CT molecular complexity index is 469. The predicted octanol–water partition coefficient (Wildman–Crippen LogP) is 2.80. The third-order valence-electron chi connectivity index (χ3n) is 2.90. The molecule has 0 fully saturated rings. The number of hydrogen-bond donors (Lipinski definition) is 2. The Morgan fingerprint density at radius 1 is 1.33 bits per heavy atom. The van der Waals surface area contributed by atoms with Gasteiger partial charge in [0.1, 0.15) is 0 Å². The van der Waals surface area contributed by atoms with Crippen LogP contribution in [-0.4, -0.2) is 10.9 Å². The number of rotatable bonds is 4. The molecule has 1 amide bonds. The van der Waals surface area contributed by atoms with Gasteiger partial charge in [0.2, 0.25) is 5.91 Å². The van der Waals surface area contributed by atoms with Crippen LogP contribution < -0.4 is 11.1 Å². The molecule has 0 saturated carbocycles. The number of nitrogens with two attached hydrogens (primary N) is 1. The summed E-state index contributed by atoms with van der Waals surface area (Å²) in [5, 5.41) is 2.89. The van der Waals surface area contributed by atoms with E-state index in [0.717, 1.165) is 11.3 Å². The molecule has 1 rings (SSSR count). The first-order valence-corrected chi connectivity index (χ1v) is 6.41. The van der Waals surface area contributed by atoms with Crippen molar-refractivity contribution < 1.29 is 4.79 Å². The summed E-state index contributed by atoms with van der Waals surface area (Å²) in [6.07, 6.45) is 0. The third kappa shape index (κ3) is 3.53. The Morgan fingerprint density at radius 3 is 2.39 bits per heavy atom. The number of amides is 1. The van der Waals surface area contributed by atoms with E-state index >= 15 is 0 Å². The van der Waals surface area contributed by atoms with Gasteiger partial charge < -0.3 is 11.1 Å². The molecular formula is C14H20N2OS. The minimum Gasteiger partial charge on any atom is -0.393 e. The average Bonchev–Trinajstić information content (AvgIpc) is 2.21. The minimum atomic E-state index is -0.430. The molecule has 4 heteroatoms. The van der Waals surface area contributed by atoms with E-state index in [9.17, 15) is 4.79 Å². The van der Waals surface area contributed by atoms with Gasteiger partial charge in [-0.05, 0) is 31.4 Å². The molecule has 0 aromatic heterocycles. The molecule has 0 bridgehead atoms. The van der Waals surface area contributed by atoms with Crippen LogP contribution in [0.4, 0.5) is 5.69 Å². The lowest BCUT2D eigenvalue weighted by Crippen LogP contribution is -2.36. The van der Waals surface area contributed by atoms with Crippen LogP contribution in [0.25, 0.3) is 0 Å². The van der Waals surface area contributed by atoms with E-state index in [2.05, 4.69) is 5.32 Å². The molecule has 1 unspecified atom stereocenters. The van der Waals surface area contributed by atoms with Crippen LogP contribution in [0.15, 0.2) is 18.2 Å². The van der Waals surface area contributed by atoms with Gasteiger partial charge >= 0.3 is 0 Å². The maximum Gasteiger partial charge on any atom is 0.234 e. The molecule has 0 radical (unpaired) electrons. The number of benzene rings is 1. The van der Waals surface area contributed by atoms with Crippen LogP contribution in [0.2, 0.25) is 0 Å². The highest BCUT2D eigenvalue weighted by Crippen LogP contribution is 2.19. The van der Waals surface area contributed by atoms with Gasteiger partial charge in [-0.15, -0.1) is 0 Å². The van der Waals surface area contributed by atoms with Crippen LogP contribution in [0.5, 0.6) is 0 Å². The summed E-state index contributed by atoms with van der Waals surface area (Å²) in [4.78, 5) is 12.4. The quantitative estimate of drug-likeness (QED) is 0.822.